The number of hydrogen-bond acceptors (Lipinski definition) is 4. The van der Waals surface area contributed by atoms with Crippen LogP contribution in [0.3, 0.4) is 0 Å². The number of amides is 2. The van der Waals surface area contributed by atoms with E-state index >= 15 is 0 Å². The average Bonchev–Trinajstić information content (AvgIpc) is 3.33. The number of fused-ring (bicyclic) bond motifs is 4. The van der Waals surface area contributed by atoms with Gasteiger partial charge >= 0.3 is 0 Å². The molecule has 2 amide bonds. The Balaban J connectivity index is 1.62. The molecule has 2 aromatic carbocycles. The Labute approximate surface area is 223 Å². The van der Waals surface area contributed by atoms with Crippen molar-refractivity contribution < 1.29 is 18.7 Å². The molecule has 0 aliphatic carbocycles. The van der Waals surface area contributed by atoms with E-state index in [4.69, 9.17) is 4.74 Å². The van der Waals surface area contributed by atoms with E-state index in [1.807, 2.05) is 36.9 Å². The molecule has 0 bridgehead atoms. The van der Waals surface area contributed by atoms with Gasteiger partial charge < -0.3 is 19.9 Å². The van der Waals surface area contributed by atoms with Crippen molar-refractivity contribution in [2.24, 2.45) is 5.92 Å². The van der Waals surface area contributed by atoms with Crippen LogP contribution in [0.1, 0.15) is 56.0 Å². The third-order valence-electron chi connectivity index (χ3n) is 8.60. The number of H-pyrrole nitrogens is 1. The number of likely N-dealkylation sites (N-methyl/N-ethyl adjacent to an activating group) is 1. The van der Waals surface area contributed by atoms with Crippen LogP contribution in [-0.2, 0) is 21.5 Å². The maximum Gasteiger partial charge on any atom is 0.243 e. The molecular weight excluding hydrogens is 483 g/mol. The molecule has 2 N–H and O–H groups in total. The summed E-state index contributed by atoms with van der Waals surface area (Å²) >= 11 is 0. The predicted molar refractivity (Wildman–Crippen MR) is 145 cm³/mol. The van der Waals surface area contributed by atoms with Gasteiger partial charge in [0.1, 0.15) is 17.6 Å². The molecule has 1 aromatic heterocycles. The van der Waals surface area contributed by atoms with Gasteiger partial charge in [-0.05, 0) is 43.0 Å². The third kappa shape index (κ3) is 4.45. The van der Waals surface area contributed by atoms with Crippen LogP contribution in [0.15, 0.2) is 42.5 Å². The van der Waals surface area contributed by atoms with E-state index in [1.165, 1.54) is 6.07 Å². The van der Waals surface area contributed by atoms with Crippen LogP contribution in [0, 0.1) is 11.7 Å². The summed E-state index contributed by atoms with van der Waals surface area (Å²) in [5, 5.41) is 3.90. The highest BCUT2D eigenvalue weighted by Gasteiger charge is 2.49. The Morgan fingerprint density at radius 2 is 1.95 bits per heavy atom. The highest BCUT2D eigenvalue weighted by atomic mass is 19.1. The fourth-order valence-electron chi connectivity index (χ4n) is 6.32. The lowest BCUT2D eigenvalue weighted by atomic mass is 9.68. The van der Waals surface area contributed by atoms with Crippen molar-refractivity contribution in [2.75, 3.05) is 33.8 Å². The second-order valence-corrected chi connectivity index (χ2v) is 10.8. The van der Waals surface area contributed by atoms with Crippen molar-refractivity contribution >= 4 is 22.7 Å². The van der Waals surface area contributed by atoms with Gasteiger partial charge in [-0.15, -0.1) is 0 Å². The van der Waals surface area contributed by atoms with Gasteiger partial charge in [0, 0.05) is 72.8 Å². The first-order valence-electron chi connectivity index (χ1n) is 13.5. The van der Waals surface area contributed by atoms with Gasteiger partial charge in [-0.25, -0.2) is 4.39 Å². The quantitative estimate of drug-likeness (QED) is 0.501. The number of aromatic amines is 1. The van der Waals surface area contributed by atoms with Crippen LogP contribution in [0.4, 0.5) is 4.39 Å². The number of nitrogens with zero attached hydrogens (tertiary/aromatic N) is 2. The topological polar surface area (TPSA) is 77.7 Å². The van der Waals surface area contributed by atoms with Crippen molar-refractivity contribution in [3.63, 3.8) is 0 Å². The molecule has 2 aliphatic rings. The minimum atomic E-state index is -0.599. The summed E-state index contributed by atoms with van der Waals surface area (Å²) in [6.07, 6.45) is 2.36. The summed E-state index contributed by atoms with van der Waals surface area (Å²) in [6, 6.07) is 12.1. The number of carbonyl (C=O) groups excluding carboxylic acids is 2. The minimum Gasteiger partial charge on any atom is -0.497 e. The standard InChI is InChI=1S/C30H37FN4O3/c1-5-19(2)29(37)34-14-12-30(13-15-34)18-35(17-20-8-6-7-9-23(20)31)27(28(36)32-3)26-25(30)22-11-10-21(38-4)16-24(22)33-26/h6-11,16,19,27,33H,5,12-15,17-18H2,1-4H3,(H,32,36). The van der Waals surface area contributed by atoms with Crippen LogP contribution < -0.4 is 10.1 Å². The number of aromatic nitrogens is 1. The van der Waals surface area contributed by atoms with E-state index in [-0.39, 0.29) is 29.0 Å². The molecule has 8 heteroatoms. The molecule has 0 saturated carbocycles. The summed E-state index contributed by atoms with van der Waals surface area (Å²) in [6.45, 7) is 6.24. The molecule has 3 aromatic rings. The molecular formula is C30H37FN4O3. The zero-order valence-electron chi connectivity index (χ0n) is 22.6. The van der Waals surface area contributed by atoms with E-state index < -0.39 is 6.04 Å². The van der Waals surface area contributed by atoms with Gasteiger partial charge in [-0.2, -0.15) is 0 Å². The normalized spacial score (nSPS) is 19.8. The van der Waals surface area contributed by atoms with E-state index in [1.54, 1.807) is 26.3 Å². The van der Waals surface area contributed by atoms with Crippen LogP contribution in [0.5, 0.6) is 5.75 Å². The van der Waals surface area contributed by atoms with Gasteiger partial charge in [0.05, 0.1) is 7.11 Å². The molecule has 38 heavy (non-hydrogen) atoms. The predicted octanol–water partition coefficient (Wildman–Crippen LogP) is 4.52. The van der Waals surface area contributed by atoms with Gasteiger partial charge in [0.2, 0.25) is 11.8 Å². The molecule has 1 spiro atoms. The second kappa shape index (κ2) is 10.4. The monoisotopic (exact) mass is 520 g/mol. The second-order valence-electron chi connectivity index (χ2n) is 10.8. The van der Waals surface area contributed by atoms with Gasteiger partial charge in [-0.3, -0.25) is 14.5 Å². The largest absolute Gasteiger partial charge is 0.497 e. The van der Waals surface area contributed by atoms with Crippen molar-refractivity contribution in [1.82, 2.24) is 20.1 Å². The minimum absolute atomic E-state index is 0.00158. The number of likely N-dealkylation sites (tertiary alicyclic amines) is 1. The van der Waals surface area contributed by atoms with E-state index in [9.17, 15) is 14.0 Å². The fourth-order valence-corrected chi connectivity index (χ4v) is 6.32. The first kappa shape index (κ1) is 26.2. The van der Waals surface area contributed by atoms with Gasteiger partial charge in [-0.1, -0.05) is 32.0 Å². The lowest BCUT2D eigenvalue weighted by molar-refractivity contribution is -0.137. The average molecular weight is 521 g/mol. The highest BCUT2D eigenvalue weighted by molar-refractivity contribution is 5.92. The first-order chi connectivity index (χ1) is 18.3. The van der Waals surface area contributed by atoms with Crippen LogP contribution in [0.2, 0.25) is 0 Å². The molecule has 0 radical (unpaired) electrons. The van der Waals surface area contributed by atoms with Crippen molar-refractivity contribution in [3.8, 4) is 5.75 Å². The Bertz CT molecular complexity index is 1340. The molecule has 2 aliphatic heterocycles. The van der Waals surface area contributed by atoms with Gasteiger partial charge in [0.15, 0.2) is 0 Å². The number of carbonyl (C=O) groups is 2. The molecule has 7 nitrogen and oxygen atoms in total. The van der Waals surface area contributed by atoms with Crippen molar-refractivity contribution in [1.29, 1.82) is 0 Å². The summed E-state index contributed by atoms with van der Waals surface area (Å²) < 4.78 is 20.3. The SMILES string of the molecule is CCC(C)C(=O)N1CCC2(CC1)CN(Cc1ccccc1F)C(C(=O)NC)c1[nH]c3cc(OC)ccc3c12. The van der Waals surface area contributed by atoms with E-state index in [2.05, 4.69) is 21.3 Å². The zero-order chi connectivity index (χ0) is 27.0. The Hall–Kier alpha value is -3.39. The van der Waals surface area contributed by atoms with Gasteiger partial charge in [0.25, 0.3) is 0 Å². The lowest BCUT2D eigenvalue weighted by Crippen LogP contribution is -2.56. The number of halogens is 1. The lowest BCUT2D eigenvalue weighted by Gasteiger charge is -2.50. The zero-order valence-corrected chi connectivity index (χ0v) is 22.6. The number of methoxy groups -OCH3 is 1. The maximum absolute atomic E-state index is 14.8. The number of hydrogen-bond donors (Lipinski definition) is 2. The molecule has 3 heterocycles. The van der Waals surface area contributed by atoms with Crippen LogP contribution in [0.25, 0.3) is 10.9 Å². The molecule has 1 fully saturated rings. The fraction of sp³-hybridized carbons (Fsp3) is 0.467. The van der Waals surface area contributed by atoms with Crippen molar-refractivity contribution in [2.45, 2.75) is 51.1 Å². The van der Waals surface area contributed by atoms with Crippen LogP contribution >= 0.6 is 0 Å². The molecule has 2 atom stereocenters. The van der Waals surface area contributed by atoms with E-state index in [0.717, 1.165) is 47.2 Å². The summed E-state index contributed by atoms with van der Waals surface area (Å²) in [7, 11) is 3.28. The highest BCUT2D eigenvalue weighted by Crippen LogP contribution is 2.49. The smallest absolute Gasteiger partial charge is 0.243 e. The molecule has 202 valence electrons. The Kier molecular flexibility index (Phi) is 7.18. The third-order valence-corrected chi connectivity index (χ3v) is 8.60. The van der Waals surface area contributed by atoms with Crippen LogP contribution in [-0.4, -0.2) is 60.4 Å². The Morgan fingerprint density at radius 3 is 2.61 bits per heavy atom. The molecule has 1 saturated heterocycles. The summed E-state index contributed by atoms with van der Waals surface area (Å²) in [5.41, 5.74) is 3.17. The number of benzene rings is 2. The van der Waals surface area contributed by atoms with E-state index in [0.29, 0.717) is 31.7 Å². The maximum atomic E-state index is 14.8. The number of nitrogens with one attached hydrogen (secondary N) is 2. The Morgan fingerprint density at radius 1 is 1.21 bits per heavy atom. The van der Waals surface area contributed by atoms with Crippen molar-refractivity contribution in [3.05, 3.63) is 65.1 Å². The number of piperidine rings is 1. The summed E-state index contributed by atoms with van der Waals surface area (Å²) in [4.78, 5) is 34.0. The molecule has 5 rings (SSSR count). The number of ether oxygens (including phenoxy) is 1. The number of rotatable bonds is 6. The summed E-state index contributed by atoms with van der Waals surface area (Å²) in [5.74, 6) is 0.521. The first-order valence-corrected chi connectivity index (χ1v) is 13.5. The molecule has 2 unspecified atom stereocenters.